The van der Waals surface area contributed by atoms with Crippen molar-refractivity contribution in [3.63, 3.8) is 0 Å². The zero-order valence-corrected chi connectivity index (χ0v) is 23.6. The number of carbonyl (C=O) groups excluding carboxylic acids is 3. The zero-order chi connectivity index (χ0) is 30.3. The van der Waals surface area contributed by atoms with Crippen molar-refractivity contribution in [2.45, 2.75) is 51.8 Å². The molecule has 0 fully saturated rings. The molecule has 2 heterocycles. The number of imidazole rings is 1. The van der Waals surface area contributed by atoms with Crippen molar-refractivity contribution >= 4 is 40.7 Å². The third-order valence-corrected chi connectivity index (χ3v) is 5.74. The van der Waals surface area contributed by atoms with E-state index in [2.05, 4.69) is 15.6 Å². The number of aromatic nitrogens is 3. The Labute approximate surface area is 236 Å². The first-order chi connectivity index (χ1) is 19.3. The van der Waals surface area contributed by atoms with Crippen LogP contribution in [-0.2, 0) is 20.9 Å². The van der Waals surface area contributed by atoms with E-state index in [0.717, 1.165) is 4.57 Å². The van der Waals surface area contributed by atoms with Crippen LogP contribution in [0.15, 0.2) is 59.5 Å². The van der Waals surface area contributed by atoms with E-state index in [0.29, 0.717) is 11.0 Å². The Morgan fingerprint density at radius 3 is 2.49 bits per heavy atom. The number of hydrogen-bond donors (Lipinski definition) is 3. The van der Waals surface area contributed by atoms with Crippen molar-refractivity contribution in [2.75, 3.05) is 19.4 Å². The molecule has 0 radical (unpaired) electrons. The Kier molecular flexibility index (Phi) is 9.66. The van der Waals surface area contributed by atoms with Crippen LogP contribution >= 0.6 is 0 Å². The van der Waals surface area contributed by atoms with Gasteiger partial charge in [-0.25, -0.2) is 19.1 Å². The first-order valence-electron chi connectivity index (χ1n) is 12.8. The quantitative estimate of drug-likeness (QED) is 0.333. The van der Waals surface area contributed by atoms with Crippen LogP contribution < -0.4 is 16.2 Å². The van der Waals surface area contributed by atoms with Crippen LogP contribution in [0.5, 0.6) is 0 Å². The summed E-state index contributed by atoms with van der Waals surface area (Å²) in [5.74, 6) is -0.781. The molecule has 0 aliphatic rings. The third kappa shape index (κ3) is 8.27. The number of fused-ring (bicyclic) bond motifs is 1. The molecule has 41 heavy (non-hydrogen) atoms. The van der Waals surface area contributed by atoms with Crippen LogP contribution in [0.4, 0.5) is 15.3 Å². The predicted octanol–water partition coefficient (Wildman–Crippen LogP) is 3.03. The normalized spacial score (nSPS) is 12.2. The van der Waals surface area contributed by atoms with E-state index in [9.17, 15) is 29.1 Å². The van der Waals surface area contributed by atoms with Gasteiger partial charge in [-0.05, 0) is 64.0 Å². The molecule has 3 rings (SSSR count). The highest BCUT2D eigenvalue weighted by Crippen LogP contribution is 2.17. The topological polar surface area (TPSA) is 165 Å². The summed E-state index contributed by atoms with van der Waals surface area (Å²) in [7, 11) is 3.22. The van der Waals surface area contributed by atoms with Crippen molar-refractivity contribution in [1.82, 2.24) is 24.3 Å². The predicted molar refractivity (Wildman–Crippen MR) is 152 cm³/mol. The summed E-state index contributed by atoms with van der Waals surface area (Å²) in [6.07, 6.45) is 2.73. The summed E-state index contributed by atoms with van der Waals surface area (Å²) in [5, 5.41) is 14.8. The second-order valence-corrected chi connectivity index (χ2v) is 10.4. The highest BCUT2D eigenvalue weighted by molar-refractivity contribution is 5.96. The van der Waals surface area contributed by atoms with Crippen molar-refractivity contribution in [3.8, 4) is 0 Å². The smallest absolute Gasteiger partial charge is 0.417 e. The fraction of sp³-hybridized carbons (Fsp3) is 0.357. The molecule has 1 atom stereocenters. The maximum atomic E-state index is 13.2. The van der Waals surface area contributed by atoms with Crippen LogP contribution in [0.25, 0.3) is 11.0 Å². The molecule has 13 heteroatoms. The van der Waals surface area contributed by atoms with E-state index in [1.807, 2.05) is 0 Å². The van der Waals surface area contributed by atoms with E-state index in [-0.39, 0.29) is 36.8 Å². The summed E-state index contributed by atoms with van der Waals surface area (Å²) in [4.78, 5) is 68.3. The average Bonchev–Trinajstić information content (AvgIpc) is 3.25. The van der Waals surface area contributed by atoms with Crippen LogP contribution in [-0.4, -0.2) is 73.9 Å². The van der Waals surface area contributed by atoms with E-state index in [1.165, 1.54) is 33.9 Å². The molecule has 0 saturated heterocycles. The van der Waals surface area contributed by atoms with Crippen LogP contribution in [0.3, 0.4) is 0 Å². The van der Waals surface area contributed by atoms with Gasteiger partial charge in [-0.1, -0.05) is 18.2 Å². The minimum Gasteiger partial charge on any atom is -0.464 e. The van der Waals surface area contributed by atoms with Gasteiger partial charge in [0.2, 0.25) is 11.8 Å². The number of amides is 3. The van der Waals surface area contributed by atoms with E-state index < -0.39 is 35.3 Å². The highest BCUT2D eigenvalue weighted by Gasteiger charge is 2.25. The standard InChI is InChI=1S/C28H34N6O7/c1-28(2,3)41-26(38)31-19(12-7-9-15-23(35)32(4)5)24(36)30-20-13-10-16-33(25(20)37)17-22-29-18-11-6-8-14-21(18)34(22)27(39)40/h6,8-11,13-16,19H,7,12,17H2,1-5H3,(H,30,36)(H,31,38)(H,39,40)/b15-9+/t19-/m0/s1. The molecular weight excluding hydrogens is 532 g/mol. The first-order valence-corrected chi connectivity index (χ1v) is 12.8. The first kappa shape index (κ1) is 30.6. The minimum atomic E-state index is -1.25. The van der Waals surface area contributed by atoms with Gasteiger partial charge in [-0.2, -0.15) is 0 Å². The lowest BCUT2D eigenvalue weighted by Gasteiger charge is -2.23. The van der Waals surface area contributed by atoms with E-state index in [1.54, 1.807) is 65.2 Å². The number of nitrogens with zero attached hydrogens (tertiary/aromatic N) is 4. The Morgan fingerprint density at radius 1 is 1.12 bits per heavy atom. The largest absolute Gasteiger partial charge is 0.464 e. The van der Waals surface area contributed by atoms with Gasteiger partial charge < -0.3 is 29.9 Å². The van der Waals surface area contributed by atoms with Crippen molar-refractivity contribution in [1.29, 1.82) is 0 Å². The molecule has 0 aliphatic carbocycles. The number of nitrogens with one attached hydrogen (secondary N) is 2. The van der Waals surface area contributed by atoms with Gasteiger partial charge in [0.25, 0.3) is 5.56 Å². The Bertz CT molecular complexity index is 1530. The SMILES string of the molecule is CN(C)C(=O)/C=C/CC[C@H](NC(=O)OC(C)(C)C)C(=O)Nc1cccn(Cc2nc3ccccc3n2C(=O)O)c1=O. The molecule has 0 spiro atoms. The van der Waals surface area contributed by atoms with Crippen LogP contribution in [0, 0.1) is 0 Å². The average molecular weight is 567 g/mol. The number of alkyl carbamates (subject to hydrolysis) is 1. The lowest BCUT2D eigenvalue weighted by atomic mass is 10.1. The van der Waals surface area contributed by atoms with E-state index >= 15 is 0 Å². The van der Waals surface area contributed by atoms with Gasteiger partial charge in [0.1, 0.15) is 23.2 Å². The maximum absolute atomic E-state index is 13.2. The van der Waals surface area contributed by atoms with Gasteiger partial charge in [0.15, 0.2) is 0 Å². The number of benzene rings is 1. The minimum absolute atomic E-state index is 0.0789. The lowest BCUT2D eigenvalue weighted by Crippen LogP contribution is -2.46. The Hall–Kier alpha value is -4.94. The summed E-state index contributed by atoms with van der Waals surface area (Å²) >= 11 is 0. The number of pyridine rings is 1. The number of allylic oxidation sites excluding steroid dienone is 1. The number of hydrogen-bond acceptors (Lipinski definition) is 7. The Balaban J connectivity index is 1.82. The van der Waals surface area contributed by atoms with Gasteiger partial charge in [-0.3, -0.25) is 14.4 Å². The summed E-state index contributed by atoms with van der Waals surface area (Å²) in [6.45, 7) is 4.88. The fourth-order valence-electron chi connectivity index (χ4n) is 3.84. The van der Waals surface area contributed by atoms with Gasteiger partial charge >= 0.3 is 12.2 Å². The van der Waals surface area contributed by atoms with E-state index in [4.69, 9.17) is 4.74 Å². The molecule has 0 saturated carbocycles. The van der Waals surface area contributed by atoms with Crippen molar-refractivity contribution in [3.05, 3.63) is 70.9 Å². The molecule has 0 aliphatic heterocycles. The molecule has 218 valence electrons. The summed E-state index contributed by atoms with van der Waals surface area (Å²) < 4.78 is 7.50. The van der Waals surface area contributed by atoms with Crippen molar-refractivity contribution in [2.24, 2.45) is 0 Å². The second kappa shape index (κ2) is 12.9. The number of carboxylic acid groups (broad SMARTS) is 1. The molecule has 3 N–H and O–H groups in total. The third-order valence-electron chi connectivity index (χ3n) is 5.74. The molecule has 3 amide bonds. The van der Waals surface area contributed by atoms with Crippen molar-refractivity contribution < 1.29 is 29.0 Å². The number of likely N-dealkylation sites (N-methyl/N-ethyl adjacent to an activating group) is 1. The van der Waals surface area contributed by atoms with Crippen LogP contribution in [0.1, 0.15) is 39.4 Å². The molecule has 0 unspecified atom stereocenters. The number of anilines is 1. The molecule has 3 aromatic rings. The zero-order valence-electron chi connectivity index (χ0n) is 23.6. The highest BCUT2D eigenvalue weighted by atomic mass is 16.6. The fourth-order valence-corrected chi connectivity index (χ4v) is 3.84. The number of para-hydroxylation sites is 2. The van der Waals surface area contributed by atoms with Crippen LogP contribution in [0.2, 0.25) is 0 Å². The molecular formula is C28H34N6O7. The molecule has 1 aromatic carbocycles. The second-order valence-electron chi connectivity index (χ2n) is 10.4. The van der Waals surface area contributed by atoms with Gasteiger partial charge in [0, 0.05) is 20.3 Å². The van der Waals surface area contributed by atoms with Gasteiger partial charge in [-0.15, -0.1) is 0 Å². The lowest BCUT2D eigenvalue weighted by molar-refractivity contribution is -0.123. The maximum Gasteiger partial charge on any atom is 0.417 e. The molecule has 13 nitrogen and oxygen atoms in total. The number of carbonyl (C=O) groups is 4. The number of rotatable bonds is 9. The summed E-state index contributed by atoms with van der Waals surface area (Å²) in [5.41, 5.74) is -0.644. The molecule has 0 bridgehead atoms. The van der Waals surface area contributed by atoms with Gasteiger partial charge in [0.05, 0.1) is 17.6 Å². The molecule has 2 aromatic heterocycles. The summed E-state index contributed by atoms with van der Waals surface area (Å²) in [6, 6.07) is 8.53. The number of ether oxygens (including phenoxy) is 1. The monoisotopic (exact) mass is 566 g/mol. The Morgan fingerprint density at radius 2 is 1.83 bits per heavy atom.